The average molecular weight is 338 g/mol. The average Bonchev–Trinajstić information content (AvgIpc) is 3.02. The molecule has 2 aromatic heterocycles. The number of benzene rings is 1. The molecule has 1 fully saturated rings. The number of hydrogen-bond donors (Lipinski definition) is 0. The first-order valence-corrected chi connectivity index (χ1v) is 8.48. The first-order chi connectivity index (χ1) is 12.1. The molecule has 4 rings (SSSR count). The van der Waals surface area contributed by atoms with Gasteiger partial charge in [-0.3, -0.25) is 4.79 Å². The number of likely N-dealkylation sites (tertiary alicyclic amines) is 1. The highest BCUT2D eigenvalue weighted by atomic mass is 19.1. The minimum absolute atomic E-state index is 0.137. The fourth-order valence-electron chi connectivity index (χ4n) is 3.55. The van der Waals surface area contributed by atoms with Crippen LogP contribution in [0.2, 0.25) is 0 Å². The lowest BCUT2D eigenvalue weighted by atomic mass is 9.94. The molecule has 25 heavy (non-hydrogen) atoms. The van der Waals surface area contributed by atoms with Crippen molar-refractivity contribution in [2.45, 2.75) is 25.7 Å². The van der Waals surface area contributed by atoms with Crippen LogP contribution < -0.4 is 0 Å². The van der Waals surface area contributed by atoms with Crippen molar-refractivity contribution in [3.63, 3.8) is 0 Å². The van der Waals surface area contributed by atoms with Crippen LogP contribution in [0.1, 0.15) is 40.5 Å². The van der Waals surface area contributed by atoms with E-state index in [1.807, 2.05) is 23.6 Å². The second-order valence-corrected chi connectivity index (χ2v) is 6.50. The molecule has 0 spiro atoms. The third-order valence-corrected chi connectivity index (χ3v) is 4.74. The second-order valence-electron chi connectivity index (χ2n) is 6.50. The van der Waals surface area contributed by atoms with Crippen molar-refractivity contribution in [1.29, 1.82) is 0 Å². The summed E-state index contributed by atoms with van der Waals surface area (Å²) in [4.78, 5) is 18.8. The van der Waals surface area contributed by atoms with Crippen LogP contribution in [-0.2, 0) is 0 Å². The van der Waals surface area contributed by atoms with Gasteiger partial charge in [0.05, 0.1) is 17.0 Å². The molecule has 3 aromatic rings. The van der Waals surface area contributed by atoms with Gasteiger partial charge in [-0.15, -0.1) is 0 Å². The summed E-state index contributed by atoms with van der Waals surface area (Å²) in [5.74, 6) is -0.553. The molecule has 128 valence electrons. The monoisotopic (exact) mass is 338 g/mol. The van der Waals surface area contributed by atoms with E-state index in [4.69, 9.17) is 0 Å². The molecule has 0 saturated carbocycles. The molecule has 0 unspecified atom stereocenters. The summed E-state index contributed by atoms with van der Waals surface area (Å²) < 4.78 is 15.8. The highest BCUT2D eigenvalue weighted by Gasteiger charge is 2.28. The number of carbonyl (C=O) groups excluding carboxylic acids is 1. The van der Waals surface area contributed by atoms with Crippen LogP contribution in [0.3, 0.4) is 0 Å². The third kappa shape index (κ3) is 2.88. The normalized spacial score (nSPS) is 17.8. The predicted molar refractivity (Wildman–Crippen MR) is 92.0 cm³/mol. The quantitative estimate of drug-likeness (QED) is 0.721. The van der Waals surface area contributed by atoms with Crippen LogP contribution >= 0.6 is 0 Å². The summed E-state index contributed by atoms with van der Waals surface area (Å²) in [5, 5.41) is 4.52. The van der Waals surface area contributed by atoms with Crippen LogP contribution in [0.15, 0.2) is 42.6 Å². The van der Waals surface area contributed by atoms with Gasteiger partial charge >= 0.3 is 0 Å². The van der Waals surface area contributed by atoms with Gasteiger partial charge in [-0.25, -0.2) is 13.9 Å². The van der Waals surface area contributed by atoms with Crippen molar-refractivity contribution in [2.75, 3.05) is 13.1 Å². The summed E-state index contributed by atoms with van der Waals surface area (Å²) in [6.07, 6.45) is 3.64. The molecule has 1 aliphatic rings. The van der Waals surface area contributed by atoms with Gasteiger partial charge in [0.2, 0.25) is 0 Å². The molecule has 3 heterocycles. The number of aromatic nitrogens is 3. The lowest BCUT2D eigenvalue weighted by Gasteiger charge is -2.33. The number of halogens is 1. The first kappa shape index (κ1) is 15.7. The Kier molecular flexibility index (Phi) is 3.95. The van der Waals surface area contributed by atoms with Gasteiger partial charge in [0.25, 0.3) is 5.91 Å². The molecule has 0 N–H and O–H groups in total. The molecule has 0 bridgehead atoms. The highest BCUT2D eigenvalue weighted by molar-refractivity contribution is 5.94. The maximum atomic E-state index is 14.0. The molecular weight excluding hydrogens is 319 g/mol. The van der Waals surface area contributed by atoms with Crippen molar-refractivity contribution in [1.82, 2.24) is 19.5 Å². The highest BCUT2D eigenvalue weighted by Crippen LogP contribution is 2.28. The summed E-state index contributed by atoms with van der Waals surface area (Å²) in [7, 11) is 0. The fourth-order valence-corrected chi connectivity index (χ4v) is 3.55. The van der Waals surface area contributed by atoms with Gasteiger partial charge in [0, 0.05) is 31.3 Å². The number of aryl methyl sites for hydroxylation is 1. The van der Waals surface area contributed by atoms with E-state index in [0.29, 0.717) is 13.1 Å². The van der Waals surface area contributed by atoms with E-state index in [1.54, 1.807) is 29.3 Å². The van der Waals surface area contributed by atoms with Gasteiger partial charge in [-0.2, -0.15) is 5.10 Å². The SMILES string of the molecule is Cc1cc2nccc([C@@H]3CCCN(C(=O)c4ccccc4F)C3)n2n1. The largest absolute Gasteiger partial charge is 0.338 e. The van der Waals surface area contributed by atoms with Crippen molar-refractivity contribution < 1.29 is 9.18 Å². The summed E-state index contributed by atoms with van der Waals surface area (Å²) in [6.45, 7) is 3.15. The maximum absolute atomic E-state index is 14.0. The Hall–Kier alpha value is -2.76. The molecule has 1 atom stereocenters. The Bertz CT molecular complexity index is 936. The molecule has 1 aliphatic heterocycles. The van der Waals surface area contributed by atoms with E-state index < -0.39 is 5.82 Å². The Morgan fingerprint density at radius 2 is 2.12 bits per heavy atom. The molecule has 1 amide bonds. The molecular formula is C19H19FN4O. The number of piperidine rings is 1. The maximum Gasteiger partial charge on any atom is 0.256 e. The van der Waals surface area contributed by atoms with Crippen molar-refractivity contribution in [3.05, 3.63) is 65.4 Å². The molecule has 1 aromatic carbocycles. The lowest BCUT2D eigenvalue weighted by molar-refractivity contribution is 0.0700. The zero-order valence-corrected chi connectivity index (χ0v) is 14.0. The lowest BCUT2D eigenvalue weighted by Crippen LogP contribution is -2.40. The summed E-state index contributed by atoms with van der Waals surface area (Å²) in [5.41, 5.74) is 2.91. The van der Waals surface area contributed by atoms with E-state index in [-0.39, 0.29) is 17.4 Å². The zero-order chi connectivity index (χ0) is 17.4. The van der Waals surface area contributed by atoms with E-state index >= 15 is 0 Å². The molecule has 1 saturated heterocycles. The van der Waals surface area contributed by atoms with Crippen molar-refractivity contribution >= 4 is 11.6 Å². The molecule has 0 aliphatic carbocycles. The van der Waals surface area contributed by atoms with Crippen molar-refractivity contribution in [3.8, 4) is 0 Å². The third-order valence-electron chi connectivity index (χ3n) is 4.74. The number of fused-ring (bicyclic) bond motifs is 1. The number of nitrogens with zero attached hydrogens (tertiary/aromatic N) is 4. The molecule has 5 nitrogen and oxygen atoms in total. The number of carbonyl (C=O) groups is 1. The van der Waals surface area contributed by atoms with Gasteiger partial charge in [0.15, 0.2) is 5.65 Å². The van der Waals surface area contributed by atoms with Crippen LogP contribution in [0.5, 0.6) is 0 Å². The van der Waals surface area contributed by atoms with Crippen molar-refractivity contribution in [2.24, 2.45) is 0 Å². The smallest absolute Gasteiger partial charge is 0.256 e. The Morgan fingerprint density at radius 1 is 1.28 bits per heavy atom. The molecule has 6 heteroatoms. The van der Waals surface area contributed by atoms with Crippen LogP contribution in [0.25, 0.3) is 5.65 Å². The predicted octanol–water partition coefficient (Wildman–Crippen LogP) is 3.20. The number of amides is 1. The fraction of sp³-hybridized carbons (Fsp3) is 0.316. The Morgan fingerprint density at radius 3 is 2.96 bits per heavy atom. The van der Waals surface area contributed by atoms with E-state index in [0.717, 1.165) is 29.9 Å². The van der Waals surface area contributed by atoms with Gasteiger partial charge in [0.1, 0.15) is 5.82 Å². The molecule has 0 radical (unpaired) electrons. The summed E-state index contributed by atoms with van der Waals surface area (Å²) in [6, 6.07) is 10.1. The van der Waals surface area contributed by atoms with Gasteiger partial charge < -0.3 is 4.90 Å². The standard InChI is InChI=1S/C19H19FN4O/c1-13-11-18-21-9-8-17(24(18)22-13)14-5-4-10-23(12-14)19(25)15-6-2-3-7-16(15)20/h2-3,6-9,11,14H,4-5,10,12H2,1H3/t14-/m1/s1. The van der Waals surface area contributed by atoms with Gasteiger partial charge in [-0.1, -0.05) is 12.1 Å². The zero-order valence-electron chi connectivity index (χ0n) is 14.0. The van der Waals surface area contributed by atoms with Crippen LogP contribution in [0, 0.1) is 12.7 Å². The Labute approximate surface area is 145 Å². The topological polar surface area (TPSA) is 50.5 Å². The number of rotatable bonds is 2. The van der Waals surface area contributed by atoms with E-state index in [9.17, 15) is 9.18 Å². The minimum atomic E-state index is -0.469. The van der Waals surface area contributed by atoms with Crippen LogP contribution in [-0.4, -0.2) is 38.5 Å². The number of hydrogen-bond acceptors (Lipinski definition) is 3. The van der Waals surface area contributed by atoms with E-state index in [1.165, 1.54) is 6.07 Å². The Balaban J connectivity index is 1.62. The second kappa shape index (κ2) is 6.27. The first-order valence-electron chi connectivity index (χ1n) is 8.48. The van der Waals surface area contributed by atoms with E-state index in [2.05, 4.69) is 10.1 Å². The minimum Gasteiger partial charge on any atom is -0.338 e. The summed E-state index contributed by atoms with van der Waals surface area (Å²) >= 11 is 0. The van der Waals surface area contributed by atoms with Gasteiger partial charge in [-0.05, 0) is 38.0 Å². The van der Waals surface area contributed by atoms with Crippen LogP contribution in [0.4, 0.5) is 4.39 Å².